The van der Waals surface area contributed by atoms with Crippen LogP contribution in [0.3, 0.4) is 0 Å². The molecule has 0 fully saturated rings. The number of halogens is 2. The van der Waals surface area contributed by atoms with E-state index in [9.17, 15) is 8.42 Å². The average molecular weight is 288 g/mol. The van der Waals surface area contributed by atoms with Gasteiger partial charge in [-0.25, -0.2) is 13.1 Å². The van der Waals surface area contributed by atoms with Crippen LogP contribution in [-0.4, -0.2) is 20.3 Å². The number of sulfonamides is 1. The molecule has 0 saturated carbocycles. The molecule has 0 saturated heterocycles. The summed E-state index contributed by atoms with van der Waals surface area (Å²) in [5.74, 6) is 0.259. The molecule has 1 aromatic rings. The fourth-order valence-corrected chi connectivity index (χ4v) is 4.15. The van der Waals surface area contributed by atoms with Crippen LogP contribution in [0.25, 0.3) is 0 Å². The number of alkyl halides is 1. The summed E-state index contributed by atoms with van der Waals surface area (Å²) in [6.45, 7) is 1.87. The lowest BCUT2D eigenvalue weighted by Gasteiger charge is -2.12. The van der Waals surface area contributed by atoms with Crippen LogP contribution in [0.4, 0.5) is 0 Å². The first-order chi connectivity index (χ1) is 6.99. The molecule has 7 heteroatoms. The summed E-state index contributed by atoms with van der Waals surface area (Å²) in [7, 11) is -3.46. The SMILES string of the molecule is CCC(CCl)NS(=O)(=O)c1ccc(Cl)s1. The van der Waals surface area contributed by atoms with Crippen molar-refractivity contribution < 1.29 is 8.42 Å². The van der Waals surface area contributed by atoms with E-state index in [4.69, 9.17) is 23.2 Å². The highest BCUT2D eigenvalue weighted by Crippen LogP contribution is 2.25. The third-order valence-corrected chi connectivity index (χ3v) is 5.43. The predicted molar refractivity (Wildman–Crippen MR) is 64.4 cm³/mol. The van der Waals surface area contributed by atoms with Crippen molar-refractivity contribution >= 4 is 44.6 Å². The first kappa shape index (κ1) is 13.3. The van der Waals surface area contributed by atoms with Crippen LogP contribution >= 0.6 is 34.5 Å². The van der Waals surface area contributed by atoms with Crippen molar-refractivity contribution in [1.29, 1.82) is 0 Å². The number of hydrogen-bond acceptors (Lipinski definition) is 3. The van der Waals surface area contributed by atoms with E-state index >= 15 is 0 Å². The fourth-order valence-electron chi connectivity index (χ4n) is 0.944. The van der Waals surface area contributed by atoms with Crippen LogP contribution in [0.15, 0.2) is 16.3 Å². The lowest BCUT2D eigenvalue weighted by molar-refractivity contribution is 0.559. The fraction of sp³-hybridized carbons (Fsp3) is 0.500. The molecule has 1 aromatic heterocycles. The molecular formula is C8H11Cl2NO2S2. The van der Waals surface area contributed by atoms with E-state index in [1.807, 2.05) is 6.92 Å². The van der Waals surface area contributed by atoms with Crippen LogP contribution in [-0.2, 0) is 10.0 Å². The second kappa shape index (κ2) is 5.50. The molecule has 3 nitrogen and oxygen atoms in total. The highest BCUT2D eigenvalue weighted by atomic mass is 35.5. The van der Waals surface area contributed by atoms with E-state index < -0.39 is 10.0 Å². The molecule has 1 heterocycles. The molecule has 0 aliphatic carbocycles. The Hall–Kier alpha value is 0.190. The topological polar surface area (TPSA) is 46.2 Å². The summed E-state index contributed by atoms with van der Waals surface area (Å²) in [4.78, 5) is 0. The van der Waals surface area contributed by atoms with Crippen LogP contribution in [0.5, 0.6) is 0 Å². The van der Waals surface area contributed by atoms with Crippen molar-refractivity contribution in [3.8, 4) is 0 Å². The average Bonchev–Trinajstić information content (AvgIpc) is 2.62. The normalized spacial score (nSPS) is 14.1. The van der Waals surface area contributed by atoms with Gasteiger partial charge in [-0.05, 0) is 18.6 Å². The van der Waals surface area contributed by atoms with Crippen LogP contribution < -0.4 is 4.72 Å². The third-order valence-electron chi connectivity index (χ3n) is 1.81. The second-order valence-electron chi connectivity index (χ2n) is 2.94. The van der Waals surface area contributed by atoms with Crippen LogP contribution in [0.1, 0.15) is 13.3 Å². The summed E-state index contributed by atoms with van der Waals surface area (Å²) >= 11 is 12.3. The quantitative estimate of drug-likeness (QED) is 0.847. The van der Waals surface area contributed by atoms with Gasteiger partial charge in [0.25, 0.3) is 0 Å². The molecule has 0 aliphatic heterocycles. The monoisotopic (exact) mass is 287 g/mol. The zero-order valence-electron chi connectivity index (χ0n) is 8.04. The van der Waals surface area contributed by atoms with Crippen LogP contribution in [0.2, 0.25) is 4.34 Å². The first-order valence-electron chi connectivity index (χ1n) is 4.33. The van der Waals surface area contributed by atoms with Gasteiger partial charge >= 0.3 is 0 Å². The number of nitrogens with one attached hydrogen (secondary N) is 1. The Morgan fingerprint density at radius 3 is 2.60 bits per heavy atom. The molecule has 0 spiro atoms. The minimum absolute atomic E-state index is 0.219. The Morgan fingerprint density at radius 2 is 2.20 bits per heavy atom. The molecule has 86 valence electrons. The van der Waals surface area contributed by atoms with Crippen molar-refractivity contribution in [2.75, 3.05) is 5.88 Å². The number of thiophene rings is 1. The molecule has 1 N–H and O–H groups in total. The van der Waals surface area contributed by atoms with Gasteiger partial charge in [-0.2, -0.15) is 0 Å². The minimum atomic E-state index is -3.46. The van der Waals surface area contributed by atoms with Gasteiger partial charge in [0.2, 0.25) is 10.0 Å². The molecule has 1 unspecified atom stereocenters. The van der Waals surface area contributed by atoms with E-state index in [2.05, 4.69) is 4.72 Å². The molecule has 0 bridgehead atoms. The van der Waals surface area contributed by atoms with E-state index in [-0.39, 0.29) is 16.1 Å². The van der Waals surface area contributed by atoms with Gasteiger partial charge < -0.3 is 0 Å². The summed E-state index contributed by atoms with van der Waals surface area (Å²) in [5.41, 5.74) is 0. The van der Waals surface area contributed by atoms with E-state index in [1.54, 1.807) is 6.07 Å². The summed E-state index contributed by atoms with van der Waals surface area (Å²) < 4.78 is 26.7. The van der Waals surface area contributed by atoms with Gasteiger partial charge in [0, 0.05) is 11.9 Å². The number of rotatable bonds is 5. The van der Waals surface area contributed by atoms with Gasteiger partial charge in [0.05, 0.1) is 4.34 Å². The Morgan fingerprint density at radius 1 is 1.53 bits per heavy atom. The third kappa shape index (κ3) is 3.60. The number of hydrogen-bond donors (Lipinski definition) is 1. The summed E-state index contributed by atoms with van der Waals surface area (Å²) in [6, 6.07) is 2.80. The Labute approximate surface area is 103 Å². The lowest BCUT2D eigenvalue weighted by Crippen LogP contribution is -2.35. The zero-order valence-corrected chi connectivity index (χ0v) is 11.2. The first-order valence-corrected chi connectivity index (χ1v) is 7.54. The van der Waals surface area contributed by atoms with E-state index in [0.29, 0.717) is 10.8 Å². The maximum atomic E-state index is 11.8. The van der Waals surface area contributed by atoms with Gasteiger partial charge in [-0.3, -0.25) is 0 Å². The standard InChI is InChI=1S/C8H11Cl2NO2S2/c1-2-6(5-9)11-15(12,13)8-4-3-7(10)14-8/h3-4,6,11H,2,5H2,1H3. The second-order valence-corrected chi connectivity index (χ2v) is 6.90. The molecule has 0 aromatic carbocycles. The van der Waals surface area contributed by atoms with Crippen molar-refractivity contribution in [3.05, 3.63) is 16.5 Å². The molecule has 0 aliphatic rings. The Kier molecular flexibility index (Phi) is 4.86. The highest BCUT2D eigenvalue weighted by molar-refractivity contribution is 7.91. The van der Waals surface area contributed by atoms with Gasteiger partial charge in [-0.15, -0.1) is 22.9 Å². The van der Waals surface area contributed by atoms with Gasteiger partial charge in [0.15, 0.2) is 0 Å². The molecule has 1 rings (SSSR count). The van der Waals surface area contributed by atoms with Crippen molar-refractivity contribution in [2.45, 2.75) is 23.6 Å². The smallest absolute Gasteiger partial charge is 0.206 e. The summed E-state index contributed by atoms with van der Waals surface area (Å²) in [5, 5.41) is 0. The Bertz CT molecular complexity index is 412. The van der Waals surface area contributed by atoms with Gasteiger partial charge in [0.1, 0.15) is 4.21 Å². The minimum Gasteiger partial charge on any atom is -0.206 e. The lowest BCUT2D eigenvalue weighted by atomic mass is 10.3. The predicted octanol–water partition coefficient (Wildman–Crippen LogP) is 2.70. The van der Waals surface area contributed by atoms with Crippen molar-refractivity contribution in [2.24, 2.45) is 0 Å². The molecule has 15 heavy (non-hydrogen) atoms. The molecule has 0 amide bonds. The maximum Gasteiger partial charge on any atom is 0.250 e. The van der Waals surface area contributed by atoms with Crippen molar-refractivity contribution in [1.82, 2.24) is 4.72 Å². The van der Waals surface area contributed by atoms with Gasteiger partial charge in [-0.1, -0.05) is 18.5 Å². The van der Waals surface area contributed by atoms with Crippen molar-refractivity contribution in [3.63, 3.8) is 0 Å². The van der Waals surface area contributed by atoms with Crippen LogP contribution in [0, 0.1) is 0 Å². The summed E-state index contributed by atoms with van der Waals surface area (Å²) in [6.07, 6.45) is 0.655. The largest absolute Gasteiger partial charge is 0.250 e. The van der Waals surface area contributed by atoms with E-state index in [0.717, 1.165) is 11.3 Å². The highest BCUT2D eigenvalue weighted by Gasteiger charge is 2.20. The maximum absolute atomic E-state index is 11.8. The Balaban J connectivity index is 2.84. The molecule has 1 atom stereocenters. The molecule has 0 radical (unpaired) electrons. The molecular weight excluding hydrogens is 277 g/mol. The van der Waals surface area contributed by atoms with E-state index in [1.165, 1.54) is 6.07 Å². The zero-order chi connectivity index (χ0) is 11.5.